The summed E-state index contributed by atoms with van der Waals surface area (Å²) in [6.45, 7) is 4.67. The van der Waals surface area contributed by atoms with Gasteiger partial charge in [-0.05, 0) is 50.3 Å². The maximum absolute atomic E-state index is 12.7. The largest absolute Gasteiger partial charge is 0.495 e. The minimum absolute atomic E-state index is 0.0317. The molecule has 2 amide bonds. The first kappa shape index (κ1) is 21.7. The second-order valence-electron chi connectivity index (χ2n) is 8.26. The molecule has 0 aliphatic carbocycles. The number of amides is 2. The lowest BCUT2D eigenvalue weighted by Gasteiger charge is -2.30. The lowest BCUT2D eigenvalue weighted by Crippen LogP contribution is -2.38. The Labute approximate surface area is 187 Å². The van der Waals surface area contributed by atoms with E-state index >= 15 is 0 Å². The smallest absolute Gasteiger partial charge is 0.276 e. The molecule has 8 heteroatoms. The van der Waals surface area contributed by atoms with E-state index in [1.165, 1.54) is 0 Å². The molecule has 2 aromatic rings. The fraction of sp³-hybridized carbons (Fsp3) is 0.522. The zero-order valence-electron chi connectivity index (χ0n) is 18.0. The van der Waals surface area contributed by atoms with Gasteiger partial charge in [0.05, 0.1) is 18.6 Å². The van der Waals surface area contributed by atoms with Crippen LogP contribution in [0.4, 0.5) is 0 Å². The average molecular weight is 446 g/mol. The molecule has 2 aliphatic heterocycles. The number of piperidine rings is 1. The van der Waals surface area contributed by atoms with Gasteiger partial charge in [0, 0.05) is 32.1 Å². The molecular weight excluding hydrogens is 418 g/mol. The summed E-state index contributed by atoms with van der Waals surface area (Å²) < 4.78 is 11.0. The van der Waals surface area contributed by atoms with Crippen molar-refractivity contribution in [1.29, 1.82) is 0 Å². The number of rotatable bonds is 5. The van der Waals surface area contributed by atoms with Crippen molar-refractivity contribution in [2.75, 3.05) is 33.3 Å². The van der Waals surface area contributed by atoms with Crippen molar-refractivity contribution in [3.05, 3.63) is 46.1 Å². The van der Waals surface area contributed by atoms with E-state index < -0.39 is 0 Å². The molecule has 2 fully saturated rings. The molecule has 1 aromatic carbocycles. The average Bonchev–Trinajstić information content (AvgIpc) is 3.44. The van der Waals surface area contributed by atoms with Crippen LogP contribution >= 0.6 is 11.6 Å². The molecule has 3 heterocycles. The maximum atomic E-state index is 12.7. The monoisotopic (exact) mass is 445 g/mol. The normalized spacial score (nSPS) is 17.3. The van der Waals surface area contributed by atoms with Gasteiger partial charge in [-0.1, -0.05) is 17.7 Å². The van der Waals surface area contributed by atoms with Crippen LogP contribution in [0.3, 0.4) is 0 Å². The predicted molar refractivity (Wildman–Crippen MR) is 117 cm³/mol. The van der Waals surface area contributed by atoms with Crippen LogP contribution in [0.2, 0.25) is 5.02 Å². The molecule has 31 heavy (non-hydrogen) atoms. The molecule has 166 valence electrons. The Morgan fingerprint density at radius 1 is 1.16 bits per heavy atom. The number of likely N-dealkylation sites (tertiary alicyclic amines) is 2. The molecule has 1 aromatic heterocycles. The maximum Gasteiger partial charge on any atom is 0.276 e. The highest BCUT2D eigenvalue weighted by molar-refractivity contribution is 6.32. The molecular formula is C23H28ClN3O4. The number of benzene rings is 1. The minimum Gasteiger partial charge on any atom is -0.495 e. The van der Waals surface area contributed by atoms with Gasteiger partial charge in [-0.15, -0.1) is 0 Å². The molecule has 0 atom stereocenters. The molecule has 2 saturated heterocycles. The van der Waals surface area contributed by atoms with Crippen LogP contribution in [0.5, 0.6) is 5.75 Å². The van der Waals surface area contributed by atoms with E-state index in [1.54, 1.807) is 26.2 Å². The van der Waals surface area contributed by atoms with E-state index in [9.17, 15) is 9.59 Å². The molecule has 0 radical (unpaired) electrons. The SMILES string of the molecule is COc1ccc(CC(=O)N2CCC(c3nc(C(=O)N4CCCC4)c(C)o3)CC2)cc1Cl. The van der Waals surface area contributed by atoms with Gasteiger partial charge < -0.3 is 19.0 Å². The van der Waals surface area contributed by atoms with E-state index in [-0.39, 0.29) is 17.7 Å². The Bertz CT molecular complexity index is 960. The van der Waals surface area contributed by atoms with Gasteiger partial charge in [0.25, 0.3) is 5.91 Å². The number of hydrogen-bond acceptors (Lipinski definition) is 5. The van der Waals surface area contributed by atoms with Crippen LogP contribution < -0.4 is 4.74 Å². The molecule has 0 unspecified atom stereocenters. The third-order valence-electron chi connectivity index (χ3n) is 6.18. The predicted octanol–water partition coefficient (Wildman–Crippen LogP) is 3.83. The first-order valence-electron chi connectivity index (χ1n) is 10.8. The van der Waals surface area contributed by atoms with Crippen molar-refractivity contribution in [3.8, 4) is 5.75 Å². The quantitative estimate of drug-likeness (QED) is 0.699. The van der Waals surface area contributed by atoms with Crippen LogP contribution in [-0.2, 0) is 11.2 Å². The number of oxazole rings is 1. The Morgan fingerprint density at radius 3 is 2.52 bits per heavy atom. The number of aromatic nitrogens is 1. The zero-order valence-corrected chi connectivity index (χ0v) is 18.8. The summed E-state index contributed by atoms with van der Waals surface area (Å²) >= 11 is 6.17. The van der Waals surface area contributed by atoms with Gasteiger partial charge >= 0.3 is 0 Å². The number of carbonyl (C=O) groups excluding carboxylic acids is 2. The summed E-state index contributed by atoms with van der Waals surface area (Å²) in [5.41, 5.74) is 1.30. The van der Waals surface area contributed by atoms with Crippen LogP contribution in [0.25, 0.3) is 0 Å². The minimum atomic E-state index is -0.0317. The van der Waals surface area contributed by atoms with Gasteiger partial charge in [0.15, 0.2) is 11.6 Å². The number of ether oxygens (including phenoxy) is 1. The van der Waals surface area contributed by atoms with E-state index in [2.05, 4.69) is 4.98 Å². The number of aryl methyl sites for hydroxylation is 1. The van der Waals surface area contributed by atoms with Gasteiger partial charge in [-0.25, -0.2) is 4.98 Å². The van der Waals surface area contributed by atoms with E-state index in [0.29, 0.717) is 47.6 Å². The zero-order chi connectivity index (χ0) is 22.0. The lowest BCUT2D eigenvalue weighted by atomic mass is 9.96. The van der Waals surface area contributed by atoms with Gasteiger partial charge in [-0.2, -0.15) is 0 Å². The highest BCUT2D eigenvalue weighted by Crippen LogP contribution is 2.30. The standard InChI is InChI=1S/C23H28ClN3O4/c1-15-21(23(29)27-9-3-4-10-27)25-22(31-15)17-7-11-26(12-8-17)20(28)14-16-5-6-19(30-2)18(24)13-16/h5-6,13,17H,3-4,7-12,14H2,1-2H3. The first-order valence-corrected chi connectivity index (χ1v) is 11.2. The van der Waals surface area contributed by atoms with Crippen molar-refractivity contribution in [2.45, 2.75) is 44.9 Å². The van der Waals surface area contributed by atoms with Crippen molar-refractivity contribution in [3.63, 3.8) is 0 Å². The fourth-order valence-corrected chi connectivity index (χ4v) is 4.62. The number of methoxy groups -OCH3 is 1. The summed E-state index contributed by atoms with van der Waals surface area (Å²) in [4.78, 5) is 33.7. The second-order valence-corrected chi connectivity index (χ2v) is 8.66. The molecule has 0 spiro atoms. The molecule has 0 saturated carbocycles. The fourth-order valence-electron chi connectivity index (χ4n) is 4.34. The molecule has 2 aliphatic rings. The van der Waals surface area contributed by atoms with Gasteiger partial charge in [-0.3, -0.25) is 9.59 Å². The van der Waals surface area contributed by atoms with E-state index in [1.807, 2.05) is 15.9 Å². The van der Waals surface area contributed by atoms with Crippen LogP contribution in [0.15, 0.2) is 22.6 Å². The summed E-state index contributed by atoms with van der Waals surface area (Å²) in [6.07, 6.45) is 3.94. The Morgan fingerprint density at radius 2 is 1.87 bits per heavy atom. The number of carbonyl (C=O) groups is 2. The Kier molecular flexibility index (Phi) is 6.51. The molecule has 0 N–H and O–H groups in total. The molecule has 7 nitrogen and oxygen atoms in total. The van der Waals surface area contributed by atoms with Crippen LogP contribution in [-0.4, -0.2) is 59.9 Å². The molecule has 0 bridgehead atoms. The number of nitrogens with zero attached hydrogens (tertiary/aromatic N) is 3. The lowest BCUT2D eigenvalue weighted by molar-refractivity contribution is -0.131. The summed E-state index contributed by atoms with van der Waals surface area (Å²) in [6, 6.07) is 5.42. The highest BCUT2D eigenvalue weighted by Gasteiger charge is 2.30. The summed E-state index contributed by atoms with van der Waals surface area (Å²) in [7, 11) is 1.57. The van der Waals surface area contributed by atoms with Crippen LogP contribution in [0, 0.1) is 6.92 Å². The first-order chi connectivity index (χ1) is 15.0. The third-order valence-corrected chi connectivity index (χ3v) is 6.47. The molecule has 4 rings (SSSR count). The second kappa shape index (κ2) is 9.30. The van der Waals surface area contributed by atoms with Crippen molar-refractivity contribution in [1.82, 2.24) is 14.8 Å². The third kappa shape index (κ3) is 4.71. The van der Waals surface area contributed by atoms with Crippen molar-refractivity contribution < 1.29 is 18.7 Å². The number of halogens is 1. The Balaban J connectivity index is 1.34. The highest BCUT2D eigenvalue weighted by atomic mass is 35.5. The summed E-state index contributed by atoms with van der Waals surface area (Å²) in [5.74, 6) is 1.97. The number of hydrogen-bond donors (Lipinski definition) is 0. The topological polar surface area (TPSA) is 75.9 Å². The van der Waals surface area contributed by atoms with E-state index in [4.69, 9.17) is 20.8 Å². The summed E-state index contributed by atoms with van der Waals surface area (Å²) in [5, 5.41) is 0.505. The Hall–Kier alpha value is -2.54. The van der Waals surface area contributed by atoms with E-state index in [0.717, 1.165) is 44.3 Å². The van der Waals surface area contributed by atoms with Crippen molar-refractivity contribution >= 4 is 23.4 Å². The van der Waals surface area contributed by atoms with Crippen LogP contribution in [0.1, 0.15) is 59.3 Å². The van der Waals surface area contributed by atoms with Gasteiger partial charge in [0.2, 0.25) is 5.91 Å². The van der Waals surface area contributed by atoms with Crippen molar-refractivity contribution in [2.24, 2.45) is 0 Å². The van der Waals surface area contributed by atoms with Gasteiger partial charge in [0.1, 0.15) is 11.5 Å².